The van der Waals surface area contributed by atoms with Gasteiger partial charge in [-0.05, 0) is 18.9 Å². The quantitative estimate of drug-likeness (QED) is 0.525. The zero-order valence-corrected chi connectivity index (χ0v) is 6.16. The van der Waals surface area contributed by atoms with Crippen LogP contribution >= 0.6 is 0 Å². The molecule has 0 spiro atoms. The van der Waals surface area contributed by atoms with Crippen LogP contribution in [0.5, 0.6) is 0 Å². The number of cyclic esters (lactones) is 1. The molecule has 11 heavy (non-hydrogen) atoms. The van der Waals surface area contributed by atoms with E-state index in [1.54, 1.807) is 6.08 Å². The summed E-state index contributed by atoms with van der Waals surface area (Å²) in [6, 6.07) is 0. The maximum absolute atomic E-state index is 11.0. The Labute approximate surface area is 65.0 Å². The molecule has 2 aliphatic heterocycles. The molecule has 0 aliphatic carbocycles. The molecular formula is C8H10O3. The second-order valence-electron chi connectivity index (χ2n) is 2.84. The van der Waals surface area contributed by atoms with Gasteiger partial charge in [0.1, 0.15) is 5.92 Å². The predicted octanol–water partition coefficient (Wildman–Crippen LogP) is 0.852. The van der Waals surface area contributed by atoms with Crippen molar-refractivity contribution in [2.75, 3.05) is 6.61 Å². The van der Waals surface area contributed by atoms with Crippen LogP contribution in [0.3, 0.4) is 0 Å². The molecule has 0 radical (unpaired) electrons. The van der Waals surface area contributed by atoms with Gasteiger partial charge in [-0.1, -0.05) is 0 Å². The summed E-state index contributed by atoms with van der Waals surface area (Å²) in [4.78, 5) is 11.0. The average Bonchev–Trinajstić information content (AvgIpc) is 2.55. The van der Waals surface area contributed by atoms with Crippen molar-refractivity contribution in [3.63, 3.8) is 0 Å². The highest BCUT2D eigenvalue weighted by Crippen LogP contribution is 2.25. The number of carbonyl (C=O) groups is 1. The van der Waals surface area contributed by atoms with Gasteiger partial charge in [-0.2, -0.15) is 0 Å². The van der Waals surface area contributed by atoms with E-state index in [-0.39, 0.29) is 18.0 Å². The Bertz CT molecular complexity index is 192. The van der Waals surface area contributed by atoms with Crippen LogP contribution in [0.2, 0.25) is 0 Å². The molecule has 0 bridgehead atoms. The van der Waals surface area contributed by atoms with Gasteiger partial charge in [0, 0.05) is 6.61 Å². The molecule has 60 valence electrons. The summed E-state index contributed by atoms with van der Waals surface area (Å²) in [5.74, 6) is -0.311. The van der Waals surface area contributed by atoms with Crippen LogP contribution in [0.4, 0.5) is 0 Å². The minimum Gasteiger partial charge on any atom is -0.434 e. The summed E-state index contributed by atoms with van der Waals surface area (Å²) >= 11 is 0. The number of ether oxygens (including phenoxy) is 2. The molecule has 2 rings (SSSR count). The number of hydrogen-bond donors (Lipinski definition) is 0. The lowest BCUT2D eigenvalue weighted by Gasteiger charge is -2.11. The van der Waals surface area contributed by atoms with Crippen molar-refractivity contribution in [2.45, 2.75) is 18.9 Å². The summed E-state index contributed by atoms with van der Waals surface area (Å²) in [6.07, 6.45) is 5.33. The highest BCUT2D eigenvalue weighted by Gasteiger charge is 2.33. The van der Waals surface area contributed by atoms with E-state index in [1.807, 2.05) is 0 Å². The fourth-order valence-electron chi connectivity index (χ4n) is 1.51. The molecule has 0 aromatic carbocycles. The number of esters is 1. The van der Waals surface area contributed by atoms with E-state index in [9.17, 15) is 4.79 Å². The Kier molecular flexibility index (Phi) is 1.66. The normalized spacial score (nSPS) is 36.2. The monoisotopic (exact) mass is 154 g/mol. The van der Waals surface area contributed by atoms with Crippen LogP contribution in [0.1, 0.15) is 12.8 Å². The maximum atomic E-state index is 11.0. The minimum atomic E-state index is -0.170. The van der Waals surface area contributed by atoms with Crippen molar-refractivity contribution in [3.8, 4) is 0 Å². The third-order valence-corrected chi connectivity index (χ3v) is 2.11. The summed E-state index contributed by atoms with van der Waals surface area (Å²) in [7, 11) is 0. The van der Waals surface area contributed by atoms with Crippen LogP contribution in [-0.2, 0) is 14.3 Å². The number of carbonyl (C=O) groups excluding carboxylic acids is 1. The maximum Gasteiger partial charge on any atom is 0.320 e. The van der Waals surface area contributed by atoms with Crippen molar-refractivity contribution in [3.05, 3.63) is 12.3 Å². The fourth-order valence-corrected chi connectivity index (χ4v) is 1.51. The van der Waals surface area contributed by atoms with Crippen LogP contribution in [0, 0.1) is 5.92 Å². The zero-order chi connectivity index (χ0) is 7.68. The molecule has 2 aliphatic rings. The average molecular weight is 154 g/mol. The van der Waals surface area contributed by atoms with Crippen molar-refractivity contribution in [1.82, 2.24) is 0 Å². The largest absolute Gasteiger partial charge is 0.434 e. The summed E-state index contributed by atoms with van der Waals surface area (Å²) in [5, 5.41) is 0. The smallest absolute Gasteiger partial charge is 0.320 e. The third-order valence-electron chi connectivity index (χ3n) is 2.11. The Morgan fingerprint density at radius 1 is 1.55 bits per heavy atom. The Morgan fingerprint density at radius 2 is 2.45 bits per heavy atom. The predicted molar refractivity (Wildman–Crippen MR) is 37.7 cm³/mol. The first-order valence-corrected chi connectivity index (χ1v) is 3.87. The van der Waals surface area contributed by atoms with Crippen molar-refractivity contribution < 1.29 is 14.3 Å². The van der Waals surface area contributed by atoms with Gasteiger partial charge in [0.25, 0.3) is 0 Å². The molecule has 3 heteroatoms. The Morgan fingerprint density at radius 3 is 3.00 bits per heavy atom. The fraction of sp³-hybridized carbons (Fsp3) is 0.625. The first-order valence-electron chi connectivity index (χ1n) is 3.87. The third kappa shape index (κ3) is 1.16. The first-order chi connectivity index (χ1) is 5.38. The Balaban J connectivity index is 2.02. The van der Waals surface area contributed by atoms with E-state index in [4.69, 9.17) is 4.74 Å². The van der Waals surface area contributed by atoms with Gasteiger partial charge in [0.2, 0.25) is 0 Å². The lowest BCUT2D eigenvalue weighted by atomic mass is 10.0. The van der Waals surface area contributed by atoms with Crippen molar-refractivity contribution in [1.29, 1.82) is 0 Å². The van der Waals surface area contributed by atoms with E-state index in [0.717, 1.165) is 19.4 Å². The van der Waals surface area contributed by atoms with Crippen LogP contribution in [-0.4, -0.2) is 18.7 Å². The van der Waals surface area contributed by atoms with Crippen LogP contribution in [0.15, 0.2) is 12.3 Å². The zero-order valence-electron chi connectivity index (χ0n) is 6.16. The standard InChI is InChI=1S/C8H10O3/c9-8-6(3-5-11-8)7-2-1-4-10-7/h3,5-7H,1-2,4H2. The van der Waals surface area contributed by atoms with E-state index in [1.165, 1.54) is 6.26 Å². The minimum absolute atomic E-state index is 0.0706. The molecule has 2 unspecified atom stereocenters. The van der Waals surface area contributed by atoms with Crippen molar-refractivity contribution >= 4 is 5.97 Å². The molecule has 2 atom stereocenters. The van der Waals surface area contributed by atoms with E-state index < -0.39 is 0 Å². The van der Waals surface area contributed by atoms with Gasteiger partial charge in [0.15, 0.2) is 0 Å². The lowest BCUT2D eigenvalue weighted by molar-refractivity contribution is -0.142. The van der Waals surface area contributed by atoms with Gasteiger partial charge in [-0.15, -0.1) is 0 Å². The van der Waals surface area contributed by atoms with Gasteiger partial charge in [-0.25, -0.2) is 0 Å². The molecule has 2 heterocycles. The molecule has 0 amide bonds. The molecule has 0 saturated carbocycles. The molecular weight excluding hydrogens is 144 g/mol. The van der Waals surface area contributed by atoms with Crippen LogP contribution < -0.4 is 0 Å². The second kappa shape index (κ2) is 2.66. The summed E-state index contributed by atoms with van der Waals surface area (Å²) in [5.41, 5.74) is 0. The van der Waals surface area contributed by atoms with Gasteiger partial charge >= 0.3 is 5.97 Å². The van der Waals surface area contributed by atoms with E-state index in [2.05, 4.69) is 4.74 Å². The summed E-state index contributed by atoms with van der Waals surface area (Å²) < 4.78 is 10.0. The van der Waals surface area contributed by atoms with Gasteiger partial charge in [0.05, 0.1) is 12.4 Å². The Hall–Kier alpha value is -0.830. The first kappa shape index (κ1) is 6.85. The second-order valence-corrected chi connectivity index (χ2v) is 2.84. The highest BCUT2D eigenvalue weighted by atomic mass is 16.5. The highest BCUT2D eigenvalue weighted by molar-refractivity contribution is 5.78. The molecule has 0 N–H and O–H groups in total. The lowest BCUT2D eigenvalue weighted by Crippen LogP contribution is -2.23. The molecule has 0 aromatic rings. The van der Waals surface area contributed by atoms with Crippen molar-refractivity contribution in [2.24, 2.45) is 5.92 Å². The summed E-state index contributed by atoms with van der Waals surface area (Å²) in [6.45, 7) is 0.780. The molecule has 1 saturated heterocycles. The molecule has 0 aromatic heterocycles. The SMILES string of the molecule is O=C1OC=CC1C1CCCO1. The van der Waals surface area contributed by atoms with Gasteiger partial charge < -0.3 is 9.47 Å². The van der Waals surface area contributed by atoms with E-state index in [0.29, 0.717) is 0 Å². The molecule has 1 fully saturated rings. The van der Waals surface area contributed by atoms with Gasteiger partial charge in [-0.3, -0.25) is 4.79 Å². The van der Waals surface area contributed by atoms with Crippen LogP contribution in [0.25, 0.3) is 0 Å². The molecule has 3 nitrogen and oxygen atoms in total. The van der Waals surface area contributed by atoms with E-state index >= 15 is 0 Å². The number of rotatable bonds is 1. The topological polar surface area (TPSA) is 35.5 Å². The number of hydrogen-bond acceptors (Lipinski definition) is 3.